The van der Waals surface area contributed by atoms with Gasteiger partial charge in [0.1, 0.15) is 17.9 Å². The van der Waals surface area contributed by atoms with Gasteiger partial charge in [0.15, 0.2) is 11.2 Å². The lowest BCUT2D eigenvalue weighted by atomic mass is 9.99. The molecule has 0 saturated carbocycles. The van der Waals surface area contributed by atoms with Gasteiger partial charge in [-0.1, -0.05) is 78.9 Å². The Balaban J connectivity index is 1.03. The van der Waals surface area contributed by atoms with Gasteiger partial charge in [0.25, 0.3) is 5.91 Å². The maximum absolute atomic E-state index is 13.5. The summed E-state index contributed by atoms with van der Waals surface area (Å²) in [4.78, 5) is 30.3. The second-order valence-corrected chi connectivity index (χ2v) is 13.0. The topological polar surface area (TPSA) is 115 Å². The van der Waals surface area contributed by atoms with Crippen molar-refractivity contribution in [1.29, 1.82) is 0 Å². The Morgan fingerprint density at radius 2 is 1.63 bits per heavy atom. The molecule has 258 valence electrons. The van der Waals surface area contributed by atoms with Crippen LogP contribution in [0.2, 0.25) is 0 Å². The van der Waals surface area contributed by atoms with Gasteiger partial charge in [-0.15, -0.1) is 15.0 Å². The molecule has 1 N–H and O–H groups in total. The van der Waals surface area contributed by atoms with Crippen molar-refractivity contribution in [2.75, 3.05) is 18.4 Å². The van der Waals surface area contributed by atoms with Gasteiger partial charge in [0.05, 0.1) is 22.3 Å². The molecule has 2 aromatic heterocycles. The van der Waals surface area contributed by atoms with Crippen molar-refractivity contribution in [2.24, 2.45) is 0 Å². The molecule has 0 fully saturated rings. The number of nitrogens with zero attached hydrogens (tertiary/aromatic N) is 5. The van der Waals surface area contributed by atoms with E-state index >= 15 is 0 Å². The highest BCUT2D eigenvalue weighted by atomic mass is 16.5. The number of hydrogen-bond donors (Lipinski definition) is 1. The average Bonchev–Trinajstić information content (AvgIpc) is 3.67. The van der Waals surface area contributed by atoms with Gasteiger partial charge in [-0.2, -0.15) is 0 Å². The highest BCUT2D eigenvalue weighted by Gasteiger charge is 2.20. The van der Waals surface area contributed by atoms with Crippen molar-refractivity contribution in [3.8, 4) is 22.8 Å². The molecular formula is C42H36N6O4. The fourth-order valence-corrected chi connectivity index (χ4v) is 6.53. The lowest BCUT2D eigenvalue weighted by Gasteiger charge is -2.28. The fraction of sp³-hybridized carbons (Fsp3) is 0.167. The lowest BCUT2D eigenvalue weighted by Crippen LogP contribution is -2.32. The first-order valence-electron chi connectivity index (χ1n) is 17.3. The SMILES string of the molecule is Cc1cc(NC(=O)c2cc(=O)c3ccccc3o2)c(-c2nnn(-c3ccc(CCN4CCc5ccccc5C4)cc3)n2)cc1OCc1ccccc1. The van der Waals surface area contributed by atoms with Gasteiger partial charge in [-0.25, -0.2) is 0 Å². The molecule has 8 rings (SSSR count). The number of nitrogens with one attached hydrogen (secondary N) is 1. The standard InChI is InChI=1S/C42H36N6O4/c1-28-23-36(43-42(50)40-25-37(49)34-13-7-8-14-38(34)52-40)35(24-39(28)51-27-30-9-3-2-4-10-30)41-44-46-48(45-41)33-17-15-29(16-18-33)19-21-47-22-20-31-11-5-6-12-32(31)26-47/h2-18,23-25H,19-22,26-27H2,1H3,(H,43,50). The number of hydrogen-bond acceptors (Lipinski definition) is 8. The van der Waals surface area contributed by atoms with Crippen LogP contribution in [-0.4, -0.2) is 44.1 Å². The molecule has 10 heteroatoms. The molecule has 5 aromatic carbocycles. The van der Waals surface area contributed by atoms with E-state index in [9.17, 15) is 9.59 Å². The summed E-state index contributed by atoms with van der Waals surface area (Å²) in [6, 6.07) is 38.3. The number of para-hydroxylation sites is 1. The molecule has 7 aromatic rings. The quantitative estimate of drug-likeness (QED) is 0.161. The van der Waals surface area contributed by atoms with Crippen molar-refractivity contribution in [3.05, 3.63) is 165 Å². The molecule has 0 aliphatic carbocycles. The van der Waals surface area contributed by atoms with E-state index in [4.69, 9.17) is 14.3 Å². The lowest BCUT2D eigenvalue weighted by molar-refractivity contribution is 0.0997. The summed E-state index contributed by atoms with van der Waals surface area (Å²) in [6.07, 6.45) is 2.02. The van der Waals surface area contributed by atoms with Crippen LogP contribution in [0.4, 0.5) is 5.69 Å². The van der Waals surface area contributed by atoms with E-state index in [-0.39, 0.29) is 17.0 Å². The monoisotopic (exact) mass is 688 g/mol. The van der Waals surface area contributed by atoms with Crippen LogP contribution in [0.25, 0.3) is 28.0 Å². The van der Waals surface area contributed by atoms with Crippen molar-refractivity contribution in [3.63, 3.8) is 0 Å². The van der Waals surface area contributed by atoms with Gasteiger partial charge in [-0.05, 0) is 89.2 Å². The third-order valence-corrected chi connectivity index (χ3v) is 9.41. The molecule has 1 aliphatic heterocycles. The van der Waals surface area contributed by atoms with Gasteiger partial charge >= 0.3 is 0 Å². The Bertz CT molecular complexity index is 2440. The summed E-state index contributed by atoms with van der Waals surface area (Å²) in [5.41, 5.74) is 7.60. The summed E-state index contributed by atoms with van der Waals surface area (Å²) in [5.74, 6) is 0.193. The van der Waals surface area contributed by atoms with Crippen LogP contribution < -0.4 is 15.5 Å². The van der Waals surface area contributed by atoms with E-state index in [1.54, 1.807) is 36.4 Å². The third kappa shape index (κ3) is 7.10. The second kappa shape index (κ2) is 14.5. The van der Waals surface area contributed by atoms with Crippen LogP contribution in [0.15, 0.2) is 131 Å². The van der Waals surface area contributed by atoms with E-state index in [1.807, 2.05) is 49.4 Å². The highest BCUT2D eigenvalue weighted by molar-refractivity contribution is 6.05. The Kier molecular flexibility index (Phi) is 9.12. The zero-order valence-corrected chi connectivity index (χ0v) is 28.7. The Hall–Kier alpha value is -6.39. The minimum Gasteiger partial charge on any atom is -0.489 e. The number of anilines is 1. The number of fused-ring (bicyclic) bond motifs is 2. The number of tetrazole rings is 1. The normalized spacial score (nSPS) is 12.8. The van der Waals surface area contributed by atoms with Crippen molar-refractivity contribution in [1.82, 2.24) is 25.1 Å². The van der Waals surface area contributed by atoms with Crippen LogP contribution in [0, 0.1) is 6.92 Å². The Morgan fingerprint density at radius 1 is 0.865 bits per heavy atom. The number of carbonyl (C=O) groups is 1. The predicted molar refractivity (Wildman–Crippen MR) is 200 cm³/mol. The number of amides is 1. The maximum Gasteiger partial charge on any atom is 0.291 e. The molecule has 52 heavy (non-hydrogen) atoms. The minimum atomic E-state index is -0.585. The summed E-state index contributed by atoms with van der Waals surface area (Å²) >= 11 is 0. The van der Waals surface area contributed by atoms with Crippen LogP contribution >= 0.6 is 0 Å². The van der Waals surface area contributed by atoms with Gasteiger partial charge in [0, 0.05) is 25.7 Å². The number of rotatable bonds is 10. The van der Waals surface area contributed by atoms with Crippen molar-refractivity contribution < 1.29 is 13.9 Å². The molecule has 1 amide bonds. The molecular weight excluding hydrogens is 652 g/mol. The van der Waals surface area contributed by atoms with E-state index in [2.05, 4.69) is 56.9 Å². The molecule has 3 heterocycles. The Labute approximate surface area is 300 Å². The first-order chi connectivity index (χ1) is 25.5. The summed E-state index contributed by atoms with van der Waals surface area (Å²) in [5, 5.41) is 16.8. The van der Waals surface area contributed by atoms with E-state index < -0.39 is 5.91 Å². The van der Waals surface area contributed by atoms with Crippen molar-refractivity contribution >= 4 is 22.6 Å². The number of aryl methyl sites for hydroxylation is 1. The highest BCUT2D eigenvalue weighted by Crippen LogP contribution is 2.34. The molecule has 0 bridgehead atoms. The van der Waals surface area contributed by atoms with Crippen molar-refractivity contribution in [2.45, 2.75) is 32.9 Å². The zero-order valence-electron chi connectivity index (χ0n) is 28.7. The van der Waals surface area contributed by atoms with Crippen LogP contribution in [-0.2, 0) is 26.0 Å². The molecule has 0 spiro atoms. The second-order valence-electron chi connectivity index (χ2n) is 13.0. The number of ether oxygens (including phenoxy) is 1. The molecule has 0 atom stereocenters. The zero-order chi connectivity index (χ0) is 35.4. The minimum absolute atomic E-state index is 0.112. The smallest absolute Gasteiger partial charge is 0.291 e. The van der Waals surface area contributed by atoms with Gasteiger partial charge in [-0.3, -0.25) is 14.5 Å². The first-order valence-corrected chi connectivity index (χ1v) is 17.3. The van der Waals surface area contributed by atoms with Crippen LogP contribution in [0.5, 0.6) is 5.75 Å². The van der Waals surface area contributed by atoms with Crippen LogP contribution in [0.3, 0.4) is 0 Å². The van der Waals surface area contributed by atoms with Crippen LogP contribution in [0.1, 0.15) is 38.4 Å². The predicted octanol–water partition coefficient (Wildman–Crippen LogP) is 7.18. The summed E-state index contributed by atoms with van der Waals surface area (Å²) in [6.45, 7) is 5.28. The van der Waals surface area contributed by atoms with E-state index in [0.717, 1.165) is 49.3 Å². The maximum atomic E-state index is 13.5. The van der Waals surface area contributed by atoms with Gasteiger partial charge < -0.3 is 14.5 Å². The summed E-state index contributed by atoms with van der Waals surface area (Å²) < 4.78 is 12.0. The Morgan fingerprint density at radius 3 is 2.48 bits per heavy atom. The molecule has 0 saturated heterocycles. The molecule has 0 radical (unpaired) electrons. The average molecular weight is 689 g/mol. The summed E-state index contributed by atoms with van der Waals surface area (Å²) in [7, 11) is 0. The third-order valence-electron chi connectivity index (χ3n) is 9.41. The van der Waals surface area contributed by atoms with E-state index in [1.165, 1.54) is 27.6 Å². The van der Waals surface area contributed by atoms with Gasteiger partial charge in [0.2, 0.25) is 5.82 Å². The molecule has 0 unspecified atom stereocenters. The molecule has 1 aliphatic rings. The number of aromatic nitrogens is 4. The number of carbonyl (C=O) groups excluding carboxylic acids is 1. The fourth-order valence-electron chi connectivity index (χ4n) is 6.53. The largest absolute Gasteiger partial charge is 0.489 e. The molecule has 10 nitrogen and oxygen atoms in total. The number of benzene rings is 5. The van der Waals surface area contributed by atoms with E-state index in [0.29, 0.717) is 34.6 Å². The first kappa shape index (κ1) is 32.8.